The molecule has 0 aromatic carbocycles. The van der Waals surface area contributed by atoms with Gasteiger partial charge in [0.1, 0.15) is 12.4 Å². The Bertz CT molecular complexity index is 858. The molecule has 0 atom stereocenters. The lowest BCUT2D eigenvalue weighted by atomic mass is 9.78. The van der Waals surface area contributed by atoms with Crippen molar-refractivity contribution in [1.82, 2.24) is 24.8 Å². The third kappa shape index (κ3) is 3.09. The Hall–Kier alpha value is -2.68. The number of nitrogens with zero attached hydrogens (tertiary/aromatic N) is 5. The fraction of sp³-hybridized carbons (Fsp3) is 0.579. The number of ether oxygens (including phenoxy) is 1. The van der Waals surface area contributed by atoms with E-state index < -0.39 is 5.54 Å². The summed E-state index contributed by atoms with van der Waals surface area (Å²) in [5.74, 6) is 1.56. The van der Waals surface area contributed by atoms with Crippen molar-refractivity contribution in [1.29, 1.82) is 0 Å². The first kappa shape index (κ1) is 18.7. The molecule has 2 aromatic rings. The molecule has 2 aromatic heterocycles. The zero-order valence-corrected chi connectivity index (χ0v) is 16.7. The lowest BCUT2D eigenvalue weighted by Gasteiger charge is -2.50. The van der Waals surface area contributed by atoms with Crippen molar-refractivity contribution in [2.24, 2.45) is 0 Å². The molecule has 0 aliphatic carbocycles. The first-order chi connectivity index (χ1) is 13.6. The summed E-state index contributed by atoms with van der Waals surface area (Å²) in [7, 11) is 3.42. The van der Waals surface area contributed by atoms with Gasteiger partial charge in [0.15, 0.2) is 0 Å². The number of aryl methyl sites for hydroxylation is 1. The number of amides is 1. The van der Waals surface area contributed by atoms with Crippen molar-refractivity contribution in [2.75, 3.05) is 50.6 Å². The molecule has 1 fully saturated rings. The standard InChI is InChI=1S/C19H27N7O2/c1-13-10-15(20-2)24-18(23-13)25-8-5-19(6-9-25)17-14(21-12-22-17)4-7-26(19)16(27)11-28-3/h10,12H,4-9,11H2,1-3H3,(H,21,22)(H,20,23,24). The zero-order valence-electron chi connectivity index (χ0n) is 16.7. The second-order valence-corrected chi connectivity index (χ2v) is 7.42. The van der Waals surface area contributed by atoms with E-state index in [1.165, 1.54) is 0 Å². The first-order valence-electron chi connectivity index (χ1n) is 9.68. The minimum Gasteiger partial charge on any atom is -0.375 e. The summed E-state index contributed by atoms with van der Waals surface area (Å²) in [6.07, 6.45) is 4.10. The van der Waals surface area contributed by atoms with Gasteiger partial charge in [-0.25, -0.2) is 9.97 Å². The summed E-state index contributed by atoms with van der Waals surface area (Å²) in [4.78, 5) is 34.1. The Labute approximate surface area is 164 Å². The minimum absolute atomic E-state index is 0.0221. The number of fused-ring (bicyclic) bond motifs is 2. The van der Waals surface area contributed by atoms with E-state index in [-0.39, 0.29) is 12.5 Å². The Kier molecular flexibility index (Phi) is 4.92. The molecule has 150 valence electrons. The van der Waals surface area contributed by atoms with Crippen LogP contribution in [0.3, 0.4) is 0 Å². The van der Waals surface area contributed by atoms with E-state index in [9.17, 15) is 4.79 Å². The number of aromatic nitrogens is 4. The molecule has 2 aliphatic heterocycles. The molecule has 0 unspecified atom stereocenters. The smallest absolute Gasteiger partial charge is 0.249 e. The van der Waals surface area contributed by atoms with E-state index >= 15 is 0 Å². The highest BCUT2D eigenvalue weighted by Gasteiger charge is 2.48. The van der Waals surface area contributed by atoms with Crippen molar-refractivity contribution in [3.8, 4) is 0 Å². The number of nitrogens with one attached hydrogen (secondary N) is 2. The normalized spacial score (nSPS) is 18.2. The van der Waals surface area contributed by atoms with E-state index in [0.29, 0.717) is 6.54 Å². The van der Waals surface area contributed by atoms with Crippen molar-refractivity contribution in [3.63, 3.8) is 0 Å². The largest absolute Gasteiger partial charge is 0.375 e. The van der Waals surface area contributed by atoms with Crippen molar-refractivity contribution < 1.29 is 9.53 Å². The summed E-state index contributed by atoms with van der Waals surface area (Å²) < 4.78 is 5.13. The second-order valence-electron chi connectivity index (χ2n) is 7.42. The fourth-order valence-corrected chi connectivity index (χ4v) is 4.45. The lowest BCUT2D eigenvalue weighted by Crippen LogP contribution is -2.59. The third-order valence-corrected chi connectivity index (χ3v) is 5.80. The van der Waals surface area contributed by atoms with E-state index in [1.54, 1.807) is 13.4 Å². The highest BCUT2D eigenvalue weighted by molar-refractivity contribution is 5.79. The average molecular weight is 385 g/mol. The van der Waals surface area contributed by atoms with Gasteiger partial charge in [0, 0.05) is 57.7 Å². The predicted octanol–water partition coefficient (Wildman–Crippen LogP) is 1.08. The number of imidazole rings is 1. The molecule has 1 spiro atoms. The number of anilines is 2. The molecule has 0 bridgehead atoms. The number of carbonyl (C=O) groups excluding carboxylic acids is 1. The molecule has 4 rings (SSSR count). The number of piperidine rings is 1. The van der Waals surface area contributed by atoms with E-state index in [0.717, 1.165) is 61.2 Å². The van der Waals surface area contributed by atoms with Crippen molar-refractivity contribution >= 4 is 17.7 Å². The topological polar surface area (TPSA) is 99.3 Å². The van der Waals surface area contributed by atoms with Gasteiger partial charge in [-0.05, 0) is 19.8 Å². The number of rotatable bonds is 4. The number of hydrogen-bond acceptors (Lipinski definition) is 7. The predicted molar refractivity (Wildman–Crippen MR) is 105 cm³/mol. The van der Waals surface area contributed by atoms with Crippen LogP contribution in [0.4, 0.5) is 11.8 Å². The number of hydrogen-bond donors (Lipinski definition) is 2. The molecule has 28 heavy (non-hydrogen) atoms. The van der Waals surface area contributed by atoms with E-state index in [1.807, 2.05) is 24.9 Å². The molecular formula is C19H27N7O2. The first-order valence-corrected chi connectivity index (χ1v) is 9.68. The number of H-pyrrole nitrogens is 1. The van der Waals surface area contributed by atoms with Crippen LogP contribution in [0.15, 0.2) is 12.4 Å². The summed E-state index contributed by atoms with van der Waals surface area (Å²) in [5.41, 5.74) is 2.68. The number of carbonyl (C=O) groups is 1. The molecule has 9 heteroatoms. The van der Waals surface area contributed by atoms with Crippen LogP contribution in [-0.2, 0) is 21.5 Å². The Morgan fingerprint density at radius 3 is 2.82 bits per heavy atom. The van der Waals surface area contributed by atoms with Gasteiger partial charge < -0.3 is 24.8 Å². The van der Waals surface area contributed by atoms with Gasteiger partial charge in [-0.15, -0.1) is 0 Å². The van der Waals surface area contributed by atoms with Gasteiger partial charge in [-0.3, -0.25) is 4.79 Å². The monoisotopic (exact) mass is 385 g/mol. The lowest BCUT2D eigenvalue weighted by molar-refractivity contribution is -0.144. The van der Waals surface area contributed by atoms with Gasteiger partial charge in [0.2, 0.25) is 11.9 Å². The van der Waals surface area contributed by atoms with Crippen LogP contribution in [0.2, 0.25) is 0 Å². The van der Waals surface area contributed by atoms with Crippen LogP contribution in [0, 0.1) is 6.92 Å². The van der Waals surface area contributed by atoms with Crippen LogP contribution >= 0.6 is 0 Å². The summed E-state index contributed by atoms with van der Waals surface area (Å²) in [5, 5.41) is 3.09. The molecular weight excluding hydrogens is 358 g/mol. The van der Waals surface area contributed by atoms with Gasteiger partial charge >= 0.3 is 0 Å². The molecule has 9 nitrogen and oxygen atoms in total. The van der Waals surface area contributed by atoms with Gasteiger partial charge in [0.25, 0.3) is 0 Å². The Morgan fingerprint density at radius 1 is 1.32 bits per heavy atom. The molecule has 0 radical (unpaired) electrons. The second kappa shape index (κ2) is 7.38. The highest BCUT2D eigenvalue weighted by Crippen LogP contribution is 2.42. The maximum Gasteiger partial charge on any atom is 0.249 e. The minimum atomic E-state index is -0.393. The molecule has 4 heterocycles. The fourth-order valence-electron chi connectivity index (χ4n) is 4.45. The molecule has 2 N–H and O–H groups in total. The number of aromatic amines is 1. The maximum absolute atomic E-state index is 12.8. The summed E-state index contributed by atoms with van der Waals surface area (Å²) in [6.45, 7) is 4.27. The molecule has 2 aliphatic rings. The number of methoxy groups -OCH3 is 1. The van der Waals surface area contributed by atoms with Crippen LogP contribution in [-0.4, -0.2) is 71.1 Å². The zero-order chi connectivity index (χ0) is 19.7. The third-order valence-electron chi connectivity index (χ3n) is 5.80. The van der Waals surface area contributed by atoms with Gasteiger partial charge in [-0.2, -0.15) is 4.98 Å². The molecule has 0 saturated carbocycles. The SMILES string of the molecule is CNc1cc(C)nc(N2CCC3(CC2)c2nc[nH]c2CCN3C(=O)COC)n1. The Balaban J connectivity index is 1.62. The molecule has 1 amide bonds. The highest BCUT2D eigenvalue weighted by atomic mass is 16.5. The Morgan fingerprint density at radius 2 is 2.11 bits per heavy atom. The van der Waals surface area contributed by atoms with Crippen LogP contribution in [0.5, 0.6) is 0 Å². The van der Waals surface area contributed by atoms with Gasteiger partial charge in [-0.1, -0.05) is 0 Å². The molecule has 1 saturated heterocycles. The maximum atomic E-state index is 12.8. The average Bonchev–Trinajstić information content (AvgIpc) is 3.18. The van der Waals surface area contributed by atoms with Gasteiger partial charge in [0.05, 0.1) is 17.6 Å². The van der Waals surface area contributed by atoms with Crippen LogP contribution in [0.1, 0.15) is 29.9 Å². The quantitative estimate of drug-likeness (QED) is 0.812. The van der Waals surface area contributed by atoms with Crippen molar-refractivity contribution in [2.45, 2.75) is 31.7 Å². The summed E-state index contributed by atoms with van der Waals surface area (Å²) in [6, 6.07) is 1.93. The van der Waals surface area contributed by atoms with Crippen molar-refractivity contribution in [3.05, 3.63) is 29.5 Å². The van der Waals surface area contributed by atoms with E-state index in [2.05, 4.69) is 30.2 Å². The summed E-state index contributed by atoms with van der Waals surface area (Å²) >= 11 is 0. The van der Waals surface area contributed by atoms with Crippen LogP contribution < -0.4 is 10.2 Å². The van der Waals surface area contributed by atoms with E-state index in [4.69, 9.17) is 4.74 Å². The van der Waals surface area contributed by atoms with Crippen LogP contribution in [0.25, 0.3) is 0 Å².